The maximum Gasteiger partial charge on any atom is 0.416 e. The molecule has 0 aliphatic carbocycles. The Labute approximate surface area is 221 Å². The molecule has 0 radical (unpaired) electrons. The van der Waals surface area contributed by atoms with Gasteiger partial charge in [-0.1, -0.05) is 30.3 Å². The van der Waals surface area contributed by atoms with Gasteiger partial charge in [0.1, 0.15) is 6.54 Å². The third-order valence-electron chi connectivity index (χ3n) is 6.84. The Morgan fingerprint density at radius 1 is 1.03 bits per heavy atom. The minimum Gasteiger partial charge on any atom is -0.336 e. The fraction of sp³-hybridized carbons (Fsp3) is 0.250. The minimum atomic E-state index is -4.47. The number of benzene rings is 2. The summed E-state index contributed by atoms with van der Waals surface area (Å²) in [6.45, 7) is 4.10. The SMILES string of the molecule is Cc1cc(/C=C2\SC(=O)N(CC(=O)N3CCc4ccccc4C3)C2=O)c(C)n1-c1cccc(C(F)(F)F)c1. The third kappa shape index (κ3) is 4.88. The van der Waals surface area contributed by atoms with Crippen LogP contribution in [0.4, 0.5) is 18.0 Å². The van der Waals surface area contributed by atoms with E-state index in [1.807, 2.05) is 24.3 Å². The zero-order chi connectivity index (χ0) is 27.2. The van der Waals surface area contributed by atoms with Crippen LogP contribution < -0.4 is 0 Å². The zero-order valence-electron chi connectivity index (χ0n) is 20.7. The van der Waals surface area contributed by atoms with E-state index < -0.39 is 22.9 Å². The molecular weight excluding hydrogens is 515 g/mol. The Bertz CT molecular complexity index is 1490. The Hall–Kier alpha value is -3.79. The highest BCUT2D eigenvalue weighted by atomic mass is 32.2. The molecule has 3 aromatic rings. The van der Waals surface area contributed by atoms with Crippen molar-refractivity contribution < 1.29 is 27.6 Å². The number of imide groups is 1. The van der Waals surface area contributed by atoms with Crippen molar-refractivity contribution in [1.82, 2.24) is 14.4 Å². The fourth-order valence-electron chi connectivity index (χ4n) is 4.87. The molecule has 0 unspecified atom stereocenters. The minimum absolute atomic E-state index is 0.163. The number of carbonyl (C=O) groups is 3. The highest BCUT2D eigenvalue weighted by molar-refractivity contribution is 8.18. The summed E-state index contributed by atoms with van der Waals surface area (Å²) in [5.74, 6) is -0.861. The Morgan fingerprint density at radius 3 is 2.50 bits per heavy atom. The predicted molar refractivity (Wildman–Crippen MR) is 138 cm³/mol. The molecule has 0 bridgehead atoms. The molecule has 1 saturated heterocycles. The number of nitrogens with zero attached hydrogens (tertiary/aromatic N) is 3. The van der Waals surface area contributed by atoms with Gasteiger partial charge in [-0.15, -0.1) is 0 Å². The standard InChI is InChI=1S/C28H24F3N3O3S/c1-17-12-21(18(2)34(17)23-9-5-8-22(14-23)28(29,30)31)13-24-26(36)33(27(37)38-24)16-25(35)32-11-10-19-6-3-4-7-20(19)15-32/h3-9,12-14H,10-11,15-16H2,1-2H3/b24-13-. The first kappa shape index (κ1) is 25.8. The molecule has 0 saturated carbocycles. The lowest BCUT2D eigenvalue weighted by atomic mass is 10.00. The van der Waals surface area contributed by atoms with Gasteiger partial charge in [-0.2, -0.15) is 13.2 Å². The van der Waals surface area contributed by atoms with E-state index in [0.717, 1.165) is 34.4 Å². The van der Waals surface area contributed by atoms with Crippen molar-refractivity contribution in [3.8, 4) is 5.69 Å². The van der Waals surface area contributed by atoms with Crippen molar-refractivity contribution >= 4 is 34.9 Å². The molecule has 6 nitrogen and oxygen atoms in total. The number of carbonyl (C=O) groups excluding carboxylic acids is 3. The number of aryl methyl sites for hydroxylation is 1. The second kappa shape index (κ2) is 9.83. The number of hydrogen-bond donors (Lipinski definition) is 0. The quantitative estimate of drug-likeness (QED) is 0.397. The van der Waals surface area contributed by atoms with Crippen LogP contribution >= 0.6 is 11.8 Å². The van der Waals surface area contributed by atoms with Crippen molar-refractivity contribution in [1.29, 1.82) is 0 Å². The van der Waals surface area contributed by atoms with Gasteiger partial charge >= 0.3 is 6.18 Å². The van der Waals surface area contributed by atoms with Gasteiger partial charge < -0.3 is 9.47 Å². The molecule has 0 N–H and O–H groups in total. The molecule has 2 aromatic carbocycles. The summed E-state index contributed by atoms with van der Waals surface area (Å²) in [5, 5.41) is -0.529. The lowest BCUT2D eigenvalue weighted by Crippen LogP contribution is -2.44. The molecular formula is C28H24F3N3O3S. The molecule has 1 fully saturated rings. The zero-order valence-corrected chi connectivity index (χ0v) is 21.5. The van der Waals surface area contributed by atoms with Crippen LogP contribution in [-0.4, -0.2) is 44.5 Å². The van der Waals surface area contributed by atoms with Crippen molar-refractivity contribution in [2.75, 3.05) is 13.1 Å². The fourth-order valence-corrected chi connectivity index (χ4v) is 5.70. The normalized spacial score (nSPS) is 16.9. The van der Waals surface area contributed by atoms with E-state index in [-0.39, 0.29) is 17.4 Å². The summed E-state index contributed by atoms with van der Waals surface area (Å²) < 4.78 is 41.4. The van der Waals surface area contributed by atoms with Gasteiger partial charge in [0.25, 0.3) is 11.1 Å². The molecule has 2 aliphatic rings. The summed E-state index contributed by atoms with van der Waals surface area (Å²) in [6, 6.07) is 14.6. The largest absolute Gasteiger partial charge is 0.416 e. The van der Waals surface area contributed by atoms with Crippen molar-refractivity contribution in [3.63, 3.8) is 0 Å². The smallest absolute Gasteiger partial charge is 0.336 e. The van der Waals surface area contributed by atoms with Crippen molar-refractivity contribution in [2.45, 2.75) is 33.0 Å². The maximum absolute atomic E-state index is 13.2. The maximum atomic E-state index is 13.2. The molecule has 3 heterocycles. The average molecular weight is 540 g/mol. The van der Waals surface area contributed by atoms with Gasteiger partial charge in [0.05, 0.1) is 10.5 Å². The van der Waals surface area contributed by atoms with Gasteiger partial charge in [0.2, 0.25) is 5.91 Å². The van der Waals surface area contributed by atoms with Crippen LogP contribution in [0, 0.1) is 13.8 Å². The number of hydrogen-bond acceptors (Lipinski definition) is 4. The van der Waals surface area contributed by atoms with E-state index in [4.69, 9.17) is 0 Å². The van der Waals surface area contributed by atoms with Crippen LogP contribution in [0.5, 0.6) is 0 Å². The first-order chi connectivity index (χ1) is 18.0. The lowest BCUT2D eigenvalue weighted by Gasteiger charge is -2.29. The van der Waals surface area contributed by atoms with Gasteiger partial charge in [0.15, 0.2) is 0 Å². The number of aromatic nitrogens is 1. The molecule has 10 heteroatoms. The number of amides is 3. The first-order valence-corrected chi connectivity index (χ1v) is 12.8. The summed E-state index contributed by atoms with van der Waals surface area (Å²) >= 11 is 0.749. The predicted octanol–water partition coefficient (Wildman–Crippen LogP) is 5.73. The topological polar surface area (TPSA) is 62.6 Å². The lowest BCUT2D eigenvalue weighted by molar-refractivity contribution is -0.137. The molecule has 3 amide bonds. The van der Waals surface area contributed by atoms with Gasteiger partial charge in [0, 0.05) is 30.2 Å². The Kier molecular flexibility index (Phi) is 6.68. The second-order valence-corrected chi connectivity index (χ2v) is 10.3. The summed E-state index contributed by atoms with van der Waals surface area (Å²) in [5.41, 5.74) is 3.72. The number of thioether (sulfide) groups is 1. The van der Waals surface area contributed by atoms with E-state index >= 15 is 0 Å². The van der Waals surface area contributed by atoms with E-state index in [1.54, 1.807) is 41.5 Å². The Balaban J connectivity index is 1.34. The average Bonchev–Trinajstić information content (AvgIpc) is 3.31. The van der Waals surface area contributed by atoms with Crippen LogP contribution in [0.1, 0.15) is 33.6 Å². The second-order valence-electron chi connectivity index (χ2n) is 9.31. The van der Waals surface area contributed by atoms with Crippen LogP contribution in [-0.2, 0) is 28.7 Å². The monoisotopic (exact) mass is 539 g/mol. The summed E-state index contributed by atoms with van der Waals surface area (Å²) in [7, 11) is 0. The molecule has 5 rings (SSSR count). The van der Waals surface area contributed by atoms with Crippen LogP contribution in [0.15, 0.2) is 59.5 Å². The molecule has 0 atom stereocenters. The number of halogens is 3. The highest BCUT2D eigenvalue weighted by Crippen LogP contribution is 2.35. The van der Waals surface area contributed by atoms with E-state index in [2.05, 4.69) is 0 Å². The van der Waals surface area contributed by atoms with Crippen LogP contribution in [0.2, 0.25) is 0 Å². The number of rotatable bonds is 4. The van der Waals surface area contributed by atoms with Crippen LogP contribution in [0.25, 0.3) is 11.8 Å². The van der Waals surface area contributed by atoms with Crippen LogP contribution in [0.3, 0.4) is 0 Å². The van der Waals surface area contributed by atoms with E-state index in [1.165, 1.54) is 11.6 Å². The van der Waals surface area contributed by atoms with Gasteiger partial charge in [-0.25, -0.2) is 0 Å². The van der Waals surface area contributed by atoms with E-state index in [9.17, 15) is 27.6 Å². The molecule has 38 heavy (non-hydrogen) atoms. The summed E-state index contributed by atoms with van der Waals surface area (Å²) in [6.07, 6.45) is -2.20. The van der Waals surface area contributed by atoms with Gasteiger partial charge in [-0.05, 0) is 79.1 Å². The van der Waals surface area contributed by atoms with Crippen molar-refractivity contribution in [2.24, 2.45) is 0 Å². The molecule has 1 aromatic heterocycles. The summed E-state index contributed by atoms with van der Waals surface area (Å²) in [4.78, 5) is 41.4. The molecule has 196 valence electrons. The van der Waals surface area contributed by atoms with Crippen molar-refractivity contribution in [3.05, 3.63) is 93.1 Å². The Morgan fingerprint density at radius 2 is 1.76 bits per heavy atom. The van der Waals surface area contributed by atoms with Gasteiger partial charge in [-0.3, -0.25) is 19.3 Å². The van der Waals surface area contributed by atoms with E-state index in [0.29, 0.717) is 42.1 Å². The third-order valence-corrected chi connectivity index (χ3v) is 7.75. The molecule has 0 spiro atoms. The molecule has 2 aliphatic heterocycles. The highest BCUT2D eigenvalue weighted by Gasteiger charge is 2.38. The number of alkyl halides is 3. The number of fused-ring (bicyclic) bond motifs is 1. The first-order valence-electron chi connectivity index (χ1n) is 12.0.